The summed E-state index contributed by atoms with van der Waals surface area (Å²) >= 11 is 6.95. The molecule has 0 saturated heterocycles. The van der Waals surface area contributed by atoms with Crippen molar-refractivity contribution in [1.82, 2.24) is 9.38 Å². The molecule has 0 aromatic carbocycles. The molecule has 0 aliphatic heterocycles. The normalized spacial score (nSPS) is 11.1. The van der Waals surface area contributed by atoms with Crippen LogP contribution in [0.25, 0.3) is 17.1 Å². The van der Waals surface area contributed by atoms with Crippen molar-refractivity contribution in [3.63, 3.8) is 0 Å². The maximum atomic E-state index is 5.36. The predicted octanol–water partition coefficient (Wildman–Crippen LogP) is 4.12. The van der Waals surface area contributed by atoms with Crippen LogP contribution < -0.4 is 0 Å². The Morgan fingerprint density at radius 3 is 2.81 bits per heavy atom. The van der Waals surface area contributed by atoms with Crippen molar-refractivity contribution in [3.05, 3.63) is 45.8 Å². The van der Waals surface area contributed by atoms with Gasteiger partial charge in [0.05, 0.1) is 11.8 Å². The zero-order valence-electron chi connectivity index (χ0n) is 8.02. The van der Waals surface area contributed by atoms with E-state index < -0.39 is 0 Å². The summed E-state index contributed by atoms with van der Waals surface area (Å²) in [4.78, 5) is 4.45. The van der Waals surface area contributed by atoms with E-state index in [4.69, 9.17) is 4.42 Å². The number of hydrogen-bond acceptors (Lipinski definition) is 2. The van der Waals surface area contributed by atoms with Crippen LogP contribution in [0.4, 0.5) is 0 Å². The van der Waals surface area contributed by atoms with Gasteiger partial charge in [0.2, 0.25) is 0 Å². The molecular weight excluding hydrogens is 336 g/mol. The number of aromatic nitrogens is 2. The number of nitrogens with zero attached hydrogens (tertiary/aromatic N) is 2. The molecule has 0 aliphatic carbocycles. The Morgan fingerprint density at radius 2 is 2.06 bits per heavy atom. The monoisotopic (exact) mass is 340 g/mol. The van der Waals surface area contributed by atoms with E-state index in [-0.39, 0.29) is 0 Å². The Morgan fingerprint density at radius 1 is 1.19 bits per heavy atom. The van der Waals surface area contributed by atoms with Gasteiger partial charge >= 0.3 is 0 Å². The van der Waals surface area contributed by atoms with E-state index in [1.165, 1.54) is 0 Å². The molecule has 80 valence electrons. The van der Waals surface area contributed by atoms with Crippen LogP contribution >= 0.6 is 31.9 Å². The van der Waals surface area contributed by atoms with Gasteiger partial charge in [-0.3, -0.25) is 4.40 Å². The first kappa shape index (κ1) is 10.1. The molecule has 3 aromatic heterocycles. The summed E-state index contributed by atoms with van der Waals surface area (Å²) in [5, 5.41) is 0. The highest BCUT2D eigenvalue weighted by molar-refractivity contribution is 9.11. The lowest BCUT2D eigenvalue weighted by molar-refractivity contribution is 0.577. The van der Waals surface area contributed by atoms with Gasteiger partial charge in [0.1, 0.15) is 4.60 Å². The topological polar surface area (TPSA) is 30.4 Å². The highest BCUT2D eigenvalue weighted by Gasteiger charge is 2.14. The third-order valence-electron chi connectivity index (χ3n) is 2.31. The summed E-state index contributed by atoms with van der Waals surface area (Å²) < 4.78 is 9.13. The van der Waals surface area contributed by atoms with Crippen LogP contribution in [0.2, 0.25) is 0 Å². The lowest BCUT2D eigenvalue weighted by atomic mass is 10.4. The van der Waals surface area contributed by atoms with Crippen LogP contribution in [-0.4, -0.2) is 9.38 Å². The minimum atomic E-state index is 0.749. The second-order valence-corrected chi connectivity index (χ2v) is 4.88. The van der Waals surface area contributed by atoms with Crippen LogP contribution in [-0.2, 0) is 0 Å². The first-order valence-electron chi connectivity index (χ1n) is 4.63. The Hall–Kier alpha value is -1.07. The molecular formula is C11H6Br2N2O. The van der Waals surface area contributed by atoms with Gasteiger partial charge in [-0.25, -0.2) is 4.98 Å². The molecule has 0 atom stereocenters. The van der Waals surface area contributed by atoms with Gasteiger partial charge in [-0.15, -0.1) is 0 Å². The average molecular weight is 342 g/mol. The molecule has 0 N–H and O–H groups in total. The lowest BCUT2D eigenvalue weighted by Gasteiger charge is -1.98. The summed E-state index contributed by atoms with van der Waals surface area (Å²) in [5.41, 5.74) is 0.994. The van der Waals surface area contributed by atoms with E-state index in [1.54, 1.807) is 6.26 Å². The fourth-order valence-corrected chi connectivity index (χ4v) is 3.01. The van der Waals surface area contributed by atoms with Gasteiger partial charge in [0.15, 0.2) is 11.6 Å². The number of furan rings is 1. The van der Waals surface area contributed by atoms with Crippen molar-refractivity contribution < 1.29 is 4.42 Å². The van der Waals surface area contributed by atoms with Crippen LogP contribution in [0.5, 0.6) is 0 Å². The third-order valence-corrected chi connectivity index (χ3v) is 3.51. The van der Waals surface area contributed by atoms with Crippen LogP contribution in [0.15, 0.2) is 50.2 Å². The third kappa shape index (κ3) is 1.43. The number of halogens is 2. The quantitative estimate of drug-likeness (QED) is 0.666. The highest BCUT2D eigenvalue weighted by atomic mass is 79.9. The molecule has 3 nitrogen and oxygen atoms in total. The van der Waals surface area contributed by atoms with E-state index in [2.05, 4.69) is 36.8 Å². The maximum Gasteiger partial charge on any atom is 0.181 e. The zero-order valence-corrected chi connectivity index (χ0v) is 11.2. The minimum absolute atomic E-state index is 0.749. The van der Waals surface area contributed by atoms with Gasteiger partial charge in [0.25, 0.3) is 0 Å². The Kier molecular flexibility index (Phi) is 2.37. The predicted molar refractivity (Wildman–Crippen MR) is 68.3 cm³/mol. The fourth-order valence-electron chi connectivity index (χ4n) is 1.64. The molecule has 0 bridgehead atoms. The van der Waals surface area contributed by atoms with Crippen molar-refractivity contribution in [2.45, 2.75) is 0 Å². The molecule has 0 radical (unpaired) electrons. The maximum absolute atomic E-state index is 5.36. The largest absolute Gasteiger partial charge is 0.461 e. The summed E-state index contributed by atoms with van der Waals surface area (Å²) in [7, 11) is 0. The first-order chi connectivity index (χ1) is 7.77. The van der Waals surface area contributed by atoms with Crippen LogP contribution in [0.1, 0.15) is 0 Å². The highest BCUT2D eigenvalue weighted by Crippen LogP contribution is 2.30. The van der Waals surface area contributed by atoms with Crippen molar-refractivity contribution in [3.8, 4) is 11.6 Å². The second kappa shape index (κ2) is 3.75. The van der Waals surface area contributed by atoms with Gasteiger partial charge in [-0.05, 0) is 56.1 Å². The van der Waals surface area contributed by atoms with Gasteiger partial charge in [0, 0.05) is 10.7 Å². The standard InChI is InChI=1S/C11H6Br2N2O/c12-7-3-1-5-15-9(7)10(13)14-11(15)8-4-2-6-16-8/h1-6H. The van der Waals surface area contributed by atoms with E-state index in [9.17, 15) is 0 Å². The molecule has 0 fully saturated rings. The molecule has 5 heteroatoms. The molecule has 0 amide bonds. The number of fused-ring (bicyclic) bond motifs is 1. The van der Waals surface area contributed by atoms with Crippen molar-refractivity contribution >= 4 is 37.4 Å². The number of pyridine rings is 1. The number of rotatable bonds is 1. The summed E-state index contributed by atoms with van der Waals surface area (Å²) in [6.07, 6.45) is 3.60. The van der Waals surface area contributed by atoms with Crippen molar-refractivity contribution in [2.75, 3.05) is 0 Å². The first-order valence-corrected chi connectivity index (χ1v) is 6.22. The van der Waals surface area contributed by atoms with Gasteiger partial charge < -0.3 is 4.42 Å². The Labute approximate surface area is 108 Å². The molecule has 0 aliphatic rings. The molecule has 3 heterocycles. The average Bonchev–Trinajstić information content (AvgIpc) is 2.86. The van der Waals surface area contributed by atoms with E-state index in [0.29, 0.717) is 0 Å². The minimum Gasteiger partial charge on any atom is -0.461 e. The summed E-state index contributed by atoms with van der Waals surface area (Å²) in [5.74, 6) is 1.53. The van der Waals surface area contributed by atoms with Crippen molar-refractivity contribution in [2.24, 2.45) is 0 Å². The number of hydrogen-bond donors (Lipinski definition) is 0. The SMILES string of the molecule is Brc1cccn2c(-c3ccco3)nc(Br)c12. The molecule has 3 aromatic rings. The van der Waals surface area contributed by atoms with Crippen LogP contribution in [0.3, 0.4) is 0 Å². The molecule has 16 heavy (non-hydrogen) atoms. The number of imidazole rings is 1. The lowest BCUT2D eigenvalue weighted by Crippen LogP contribution is -1.87. The Bertz CT molecular complexity index is 643. The molecule has 0 unspecified atom stereocenters. The van der Waals surface area contributed by atoms with Gasteiger partial charge in [-0.2, -0.15) is 0 Å². The van der Waals surface area contributed by atoms with Crippen LogP contribution in [0, 0.1) is 0 Å². The summed E-state index contributed by atoms with van der Waals surface area (Å²) in [6, 6.07) is 7.68. The van der Waals surface area contributed by atoms with Crippen molar-refractivity contribution in [1.29, 1.82) is 0 Å². The van der Waals surface area contributed by atoms with Gasteiger partial charge in [-0.1, -0.05) is 0 Å². The van der Waals surface area contributed by atoms with E-state index >= 15 is 0 Å². The van der Waals surface area contributed by atoms with E-state index in [0.717, 1.165) is 26.2 Å². The molecule has 0 saturated carbocycles. The second-order valence-electron chi connectivity index (χ2n) is 3.28. The Balaban J connectivity index is 2.40. The molecule has 3 rings (SSSR count). The summed E-state index contributed by atoms with van der Waals surface area (Å²) in [6.45, 7) is 0. The fraction of sp³-hybridized carbons (Fsp3) is 0. The zero-order chi connectivity index (χ0) is 11.1. The molecule has 0 spiro atoms. The smallest absolute Gasteiger partial charge is 0.181 e. The van der Waals surface area contributed by atoms with E-state index in [1.807, 2.05) is 34.9 Å².